The van der Waals surface area contributed by atoms with E-state index in [0.29, 0.717) is 5.96 Å². The monoisotopic (exact) mass is 268 g/mol. The zero-order valence-corrected chi connectivity index (χ0v) is 11.9. The number of hydrogen-bond acceptors (Lipinski definition) is 2. The Bertz CT molecular complexity index is 388. The van der Waals surface area contributed by atoms with Crippen molar-refractivity contribution < 1.29 is 0 Å². The van der Waals surface area contributed by atoms with Crippen LogP contribution >= 0.6 is 11.6 Å². The number of benzene rings is 1. The molecular weight excluding hydrogens is 248 g/mol. The highest BCUT2D eigenvalue weighted by Gasteiger charge is 2.14. The summed E-state index contributed by atoms with van der Waals surface area (Å²) in [5.41, 5.74) is 3.82. The molecule has 18 heavy (non-hydrogen) atoms. The first-order chi connectivity index (χ1) is 8.60. The van der Waals surface area contributed by atoms with Gasteiger partial charge in [0, 0.05) is 18.6 Å². The Morgan fingerprint density at radius 2 is 2.06 bits per heavy atom. The number of halogens is 1. The highest BCUT2D eigenvalue weighted by molar-refractivity contribution is 6.30. The summed E-state index contributed by atoms with van der Waals surface area (Å²) in [6.45, 7) is 4.94. The molecule has 1 rings (SSSR count). The molecule has 0 saturated heterocycles. The first-order valence-corrected chi connectivity index (χ1v) is 6.47. The van der Waals surface area contributed by atoms with Gasteiger partial charge in [0.15, 0.2) is 0 Å². The van der Waals surface area contributed by atoms with Gasteiger partial charge < -0.3 is 4.90 Å². The van der Waals surface area contributed by atoms with Crippen LogP contribution in [0.25, 0.3) is 0 Å². The normalized spacial score (nSPS) is 13.3. The van der Waals surface area contributed by atoms with Crippen LogP contribution in [0.15, 0.2) is 29.3 Å². The van der Waals surface area contributed by atoms with Gasteiger partial charge in [-0.2, -0.15) is 0 Å². The molecule has 0 heterocycles. The third kappa shape index (κ3) is 3.89. The molecule has 1 atom stereocenters. The van der Waals surface area contributed by atoms with Crippen molar-refractivity contribution in [3.63, 3.8) is 0 Å². The van der Waals surface area contributed by atoms with Crippen molar-refractivity contribution in [2.45, 2.75) is 26.3 Å². The second-order valence-electron chi connectivity index (χ2n) is 4.19. The molecule has 0 saturated carbocycles. The fourth-order valence-electron chi connectivity index (χ4n) is 1.63. The molecule has 100 valence electrons. The van der Waals surface area contributed by atoms with E-state index in [2.05, 4.69) is 24.3 Å². The van der Waals surface area contributed by atoms with Gasteiger partial charge in [0.05, 0.1) is 6.04 Å². The Hall–Kier alpha value is -1.26. The number of nitrogens with one attached hydrogen (secondary N) is 1. The Morgan fingerprint density at radius 3 is 2.56 bits per heavy atom. The number of hydrogen-bond donors (Lipinski definition) is 2. The predicted molar refractivity (Wildman–Crippen MR) is 77.5 cm³/mol. The predicted octanol–water partition coefficient (Wildman–Crippen LogP) is 2.56. The van der Waals surface area contributed by atoms with E-state index < -0.39 is 0 Å². The van der Waals surface area contributed by atoms with E-state index >= 15 is 0 Å². The zero-order valence-electron chi connectivity index (χ0n) is 11.2. The first-order valence-electron chi connectivity index (χ1n) is 6.09. The molecule has 1 unspecified atom stereocenters. The standard InChI is InChI=1S/C13H21ClN4/c1-4-9-16-13(17-15)18(3)10(2)11-5-7-12(14)8-6-11/h5-8,10H,4,9,15H2,1-3H3,(H,16,17). The highest BCUT2D eigenvalue weighted by Crippen LogP contribution is 2.20. The fraction of sp³-hybridized carbons (Fsp3) is 0.462. The SMILES string of the molecule is CCCN=C(NN)N(C)C(C)c1ccc(Cl)cc1. The average molecular weight is 269 g/mol. The van der Waals surface area contributed by atoms with Crippen LogP contribution < -0.4 is 11.3 Å². The molecular formula is C13H21ClN4. The van der Waals surface area contributed by atoms with Gasteiger partial charge in [0.25, 0.3) is 0 Å². The summed E-state index contributed by atoms with van der Waals surface area (Å²) in [6.07, 6.45) is 0.994. The van der Waals surface area contributed by atoms with E-state index in [9.17, 15) is 0 Å². The summed E-state index contributed by atoms with van der Waals surface area (Å²) < 4.78 is 0. The number of rotatable bonds is 4. The van der Waals surface area contributed by atoms with Gasteiger partial charge in [-0.1, -0.05) is 30.7 Å². The van der Waals surface area contributed by atoms with Crippen LogP contribution in [0.2, 0.25) is 5.02 Å². The topological polar surface area (TPSA) is 53.6 Å². The quantitative estimate of drug-likeness (QED) is 0.382. The minimum atomic E-state index is 0.175. The molecule has 0 aliphatic heterocycles. The number of nitrogens with two attached hydrogens (primary N) is 1. The van der Waals surface area contributed by atoms with Crippen molar-refractivity contribution in [3.8, 4) is 0 Å². The molecule has 0 spiro atoms. The maximum Gasteiger partial charge on any atom is 0.208 e. The third-order valence-electron chi connectivity index (χ3n) is 2.88. The summed E-state index contributed by atoms with van der Waals surface area (Å²) in [4.78, 5) is 6.42. The number of guanidine groups is 1. The Kier molecular flexibility index (Phi) is 5.95. The Morgan fingerprint density at radius 1 is 1.44 bits per heavy atom. The lowest BCUT2D eigenvalue weighted by Crippen LogP contribution is -2.44. The van der Waals surface area contributed by atoms with E-state index in [-0.39, 0.29) is 6.04 Å². The van der Waals surface area contributed by atoms with Gasteiger partial charge in [0.1, 0.15) is 0 Å². The third-order valence-corrected chi connectivity index (χ3v) is 3.13. The smallest absolute Gasteiger partial charge is 0.208 e. The summed E-state index contributed by atoms with van der Waals surface area (Å²) in [6, 6.07) is 7.98. The van der Waals surface area contributed by atoms with E-state index in [1.165, 1.54) is 5.56 Å². The molecule has 0 radical (unpaired) electrons. The van der Waals surface area contributed by atoms with Crippen LogP contribution in [0.4, 0.5) is 0 Å². The maximum absolute atomic E-state index is 5.88. The largest absolute Gasteiger partial charge is 0.338 e. The molecule has 4 nitrogen and oxygen atoms in total. The minimum absolute atomic E-state index is 0.175. The van der Waals surface area contributed by atoms with E-state index in [0.717, 1.165) is 18.0 Å². The van der Waals surface area contributed by atoms with Crippen LogP contribution in [0.3, 0.4) is 0 Å². The first kappa shape index (κ1) is 14.8. The van der Waals surface area contributed by atoms with Gasteiger partial charge in [-0.15, -0.1) is 0 Å². The molecule has 5 heteroatoms. The van der Waals surface area contributed by atoms with E-state index in [1.54, 1.807) is 0 Å². The Labute approximate surface area is 114 Å². The fourth-order valence-corrected chi connectivity index (χ4v) is 1.75. The minimum Gasteiger partial charge on any atom is -0.338 e. The van der Waals surface area contributed by atoms with Crippen LogP contribution in [0.5, 0.6) is 0 Å². The zero-order chi connectivity index (χ0) is 13.5. The highest BCUT2D eigenvalue weighted by atomic mass is 35.5. The van der Waals surface area contributed by atoms with Crippen LogP contribution in [-0.2, 0) is 0 Å². The van der Waals surface area contributed by atoms with Gasteiger partial charge in [-0.3, -0.25) is 10.4 Å². The molecule has 0 aliphatic carbocycles. The number of nitrogens with zero attached hydrogens (tertiary/aromatic N) is 2. The van der Waals surface area contributed by atoms with Crippen LogP contribution in [0.1, 0.15) is 31.9 Å². The lowest BCUT2D eigenvalue weighted by molar-refractivity contribution is 0.387. The molecule has 0 aromatic heterocycles. The average Bonchev–Trinajstić information content (AvgIpc) is 2.39. The van der Waals surface area contributed by atoms with Gasteiger partial charge >= 0.3 is 0 Å². The van der Waals surface area contributed by atoms with Gasteiger partial charge in [-0.05, 0) is 31.0 Å². The van der Waals surface area contributed by atoms with Crippen LogP contribution in [-0.4, -0.2) is 24.5 Å². The lowest BCUT2D eigenvalue weighted by Gasteiger charge is -2.28. The second kappa shape index (κ2) is 7.24. The van der Waals surface area contributed by atoms with Crippen molar-refractivity contribution in [3.05, 3.63) is 34.9 Å². The number of aliphatic imine (C=N–C) groups is 1. The van der Waals surface area contributed by atoms with Crippen LogP contribution in [0, 0.1) is 0 Å². The summed E-state index contributed by atoms with van der Waals surface area (Å²) in [7, 11) is 1.97. The summed E-state index contributed by atoms with van der Waals surface area (Å²) in [5, 5.41) is 0.741. The van der Waals surface area contributed by atoms with Crippen molar-refractivity contribution in [1.82, 2.24) is 10.3 Å². The molecule has 1 aromatic carbocycles. The van der Waals surface area contributed by atoms with Crippen molar-refractivity contribution in [2.24, 2.45) is 10.8 Å². The molecule has 0 amide bonds. The molecule has 3 N–H and O–H groups in total. The van der Waals surface area contributed by atoms with Crippen molar-refractivity contribution in [2.75, 3.05) is 13.6 Å². The second-order valence-corrected chi connectivity index (χ2v) is 4.62. The van der Waals surface area contributed by atoms with Gasteiger partial charge in [0.2, 0.25) is 5.96 Å². The lowest BCUT2D eigenvalue weighted by atomic mass is 10.1. The summed E-state index contributed by atoms with van der Waals surface area (Å²) >= 11 is 5.88. The molecule has 0 bridgehead atoms. The van der Waals surface area contributed by atoms with Gasteiger partial charge in [-0.25, -0.2) is 5.84 Å². The van der Waals surface area contributed by atoms with E-state index in [4.69, 9.17) is 17.4 Å². The summed E-state index contributed by atoms with van der Waals surface area (Å²) in [5.74, 6) is 6.20. The van der Waals surface area contributed by atoms with Crippen molar-refractivity contribution in [1.29, 1.82) is 0 Å². The van der Waals surface area contributed by atoms with E-state index in [1.807, 2.05) is 36.2 Å². The van der Waals surface area contributed by atoms with Crippen molar-refractivity contribution >= 4 is 17.6 Å². The molecule has 1 aromatic rings. The molecule has 0 aliphatic rings. The number of hydrazine groups is 1. The maximum atomic E-state index is 5.88. The molecule has 0 fully saturated rings. The Balaban J connectivity index is 2.81.